The van der Waals surface area contributed by atoms with Crippen LogP contribution in [0.25, 0.3) is 0 Å². The van der Waals surface area contributed by atoms with Crippen LogP contribution in [-0.4, -0.2) is 96.6 Å². The van der Waals surface area contributed by atoms with Gasteiger partial charge in [0.25, 0.3) is 0 Å². The molecule has 0 fully saturated rings. The van der Waals surface area contributed by atoms with Gasteiger partial charge in [-0.2, -0.15) is 0 Å². The number of esters is 1. The van der Waals surface area contributed by atoms with E-state index in [0.29, 0.717) is 89.2 Å². The Morgan fingerprint density at radius 1 is 0.554 bits per heavy atom. The lowest BCUT2D eigenvalue weighted by Crippen LogP contribution is -2.57. The minimum Gasteiger partial charge on any atom is -0.487 e. The molecule has 1 aromatic carbocycles. The molecule has 0 unspecified atom stereocenters. The summed E-state index contributed by atoms with van der Waals surface area (Å²) in [5.74, 6) is -0.650. The molecule has 2 rings (SSSR count). The van der Waals surface area contributed by atoms with Gasteiger partial charge in [0.1, 0.15) is 41.3 Å². The monoisotopic (exact) mass is 1040 g/mol. The lowest BCUT2D eigenvalue weighted by atomic mass is 9.83. The predicted molar refractivity (Wildman–Crippen MR) is 295 cm³/mol. The number of fused-ring (bicyclic) bond motifs is 1. The fraction of sp³-hybridized carbons (Fsp3) is 0.789. The summed E-state index contributed by atoms with van der Waals surface area (Å²) in [6.45, 7) is 18.9. The molecule has 74 heavy (non-hydrogen) atoms. The highest BCUT2D eigenvalue weighted by Gasteiger charge is 2.36. The Morgan fingerprint density at radius 3 is 1.45 bits per heavy atom. The average Bonchev–Trinajstić information content (AvgIpc) is 3.34. The van der Waals surface area contributed by atoms with Gasteiger partial charge < -0.3 is 58.8 Å². The van der Waals surface area contributed by atoms with E-state index in [9.17, 15) is 33.9 Å². The molecule has 424 valence electrons. The van der Waals surface area contributed by atoms with Crippen molar-refractivity contribution >= 4 is 35.6 Å². The lowest BCUT2D eigenvalue weighted by molar-refractivity contribution is -0.142. The fourth-order valence-corrected chi connectivity index (χ4v) is 9.91. The van der Waals surface area contributed by atoms with Gasteiger partial charge in [-0.3, -0.25) is 24.0 Å². The smallest absolute Gasteiger partial charge is 0.326 e. The van der Waals surface area contributed by atoms with Crippen LogP contribution < -0.4 is 53.7 Å². The van der Waals surface area contributed by atoms with Crippen molar-refractivity contribution in [1.82, 2.24) is 21.3 Å². The average molecular weight is 1040 g/mol. The summed E-state index contributed by atoms with van der Waals surface area (Å²) in [4.78, 5) is 80.3. The number of ether oxygens (including phenoxy) is 2. The summed E-state index contributed by atoms with van der Waals surface area (Å²) in [6, 6.07) is -4.45. The number of carbonyl (C=O) groups excluding carboxylic acids is 5. The van der Waals surface area contributed by atoms with Gasteiger partial charge in [0.2, 0.25) is 23.6 Å². The largest absolute Gasteiger partial charge is 0.487 e. The van der Waals surface area contributed by atoms with Crippen LogP contribution in [-0.2, 0) is 35.2 Å². The van der Waals surface area contributed by atoms with Gasteiger partial charge in [-0.15, -0.1) is 0 Å². The molecular weight excluding hydrogens is 941 g/mol. The van der Waals surface area contributed by atoms with Gasteiger partial charge in [0.15, 0.2) is 0 Å². The Bertz CT molecular complexity index is 1880. The zero-order valence-corrected chi connectivity index (χ0v) is 47.1. The van der Waals surface area contributed by atoms with Crippen molar-refractivity contribution in [2.75, 3.05) is 26.2 Å². The number of unbranched alkanes of at least 4 members (excludes halogenated alkanes) is 4. The van der Waals surface area contributed by atoms with Crippen LogP contribution in [0.15, 0.2) is 0 Å². The summed E-state index contributed by atoms with van der Waals surface area (Å²) < 4.78 is 12.8. The van der Waals surface area contributed by atoms with Crippen LogP contribution in [0.1, 0.15) is 211 Å². The third-order valence-corrected chi connectivity index (χ3v) is 14.9. The molecule has 1 aromatic rings. The van der Waals surface area contributed by atoms with Crippen LogP contribution in [0.4, 0.5) is 0 Å². The molecule has 0 aliphatic carbocycles. The molecule has 0 saturated carbocycles. The summed E-state index contributed by atoms with van der Waals surface area (Å²) in [7, 11) is 0. The summed E-state index contributed by atoms with van der Waals surface area (Å²) in [5, 5.41) is 20.7. The molecule has 17 heteroatoms. The van der Waals surface area contributed by atoms with E-state index in [1.54, 1.807) is 0 Å². The van der Waals surface area contributed by atoms with E-state index < -0.39 is 59.7 Å². The van der Waals surface area contributed by atoms with E-state index in [-0.39, 0.29) is 44.1 Å². The molecule has 4 amide bonds. The number of rotatable bonds is 40. The number of nitrogens with one attached hydrogen (secondary N) is 4. The maximum Gasteiger partial charge on any atom is 0.326 e. The van der Waals surface area contributed by atoms with E-state index in [1.165, 1.54) is 44.9 Å². The van der Waals surface area contributed by atoms with Gasteiger partial charge in [0.05, 0.1) is 6.42 Å². The summed E-state index contributed by atoms with van der Waals surface area (Å²) in [5.41, 5.74) is 26.2. The standard InChI is InChI=1S/C57H102N8O9/c1-38(2)20-17-21-39(3)22-18-23-40(4)24-19-32-57(8)33-31-44-43(7)51(41(5)42(6)52(44)74-57)73-50(67)30-29-49(66)62-45(25-9-13-34-58)53(68)63-46(26-10-14-35-59)54(69)64-47(27-11-15-36-60)55(70)65-48(56(71)72)28-12-16-37-61/h38-40,45-48H,9-37,58-61H2,1-8H3,(H,62,66)(H,63,68)(H,64,69)(H,65,70)(H,71,72)/t39-,40-,45+,46-,47+,48+,57-/m1/s1. The molecule has 0 saturated heterocycles. The number of aliphatic carboxylic acids is 1. The zero-order valence-electron chi connectivity index (χ0n) is 47.1. The molecule has 1 aliphatic heterocycles. The third kappa shape index (κ3) is 24.6. The summed E-state index contributed by atoms with van der Waals surface area (Å²) >= 11 is 0. The number of benzene rings is 1. The van der Waals surface area contributed by atoms with Crippen molar-refractivity contribution in [2.45, 2.75) is 246 Å². The van der Waals surface area contributed by atoms with Crippen LogP contribution in [0.3, 0.4) is 0 Å². The van der Waals surface area contributed by atoms with Crippen molar-refractivity contribution < 1.29 is 43.3 Å². The number of carbonyl (C=O) groups is 6. The Balaban J connectivity index is 2.10. The molecule has 1 heterocycles. The maximum absolute atomic E-state index is 14.0. The Labute approximate surface area is 445 Å². The second-order valence-corrected chi connectivity index (χ2v) is 22.2. The molecule has 17 nitrogen and oxygen atoms in total. The molecular formula is C57H102N8O9. The van der Waals surface area contributed by atoms with E-state index in [0.717, 1.165) is 65.5 Å². The van der Waals surface area contributed by atoms with Crippen molar-refractivity contribution in [3.05, 3.63) is 22.3 Å². The van der Waals surface area contributed by atoms with E-state index in [2.05, 4.69) is 55.9 Å². The number of carboxylic acids is 1. The maximum atomic E-state index is 14.0. The highest BCUT2D eigenvalue weighted by atomic mass is 16.5. The molecule has 0 radical (unpaired) electrons. The van der Waals surface area contributed by atoms with Gasteiger partial charge in [0, 0.05) is 12.0 Å². The SMILES string of the molecule is Cc1c(C)c2c(c(C)c1OC(=O)CCC(=O)N[C@@H](CCCCN)C(=O)N[C@H](CCCCN)C(=O)N[C@@H](CCCCN)C(=O)N[C@@H](CCCCN)C(=O)O)CC[C@@](C)(CCC[C@H](C)CCC[C@H](C)CCCC(C)C)O2. The number of hydrogen-bond donors (Lipinski definition) is 9. The predicted octanol–water partition coefficient (Wildman–Crippen LogP) is 7.36. The first kappa shape index (κ1) is 65.8. The first-order valence-corrected chi connectivity index (χ1v) is 28.5. The number of carboxylic acid groups (broad SMARTS) is 1. The van der Waals surface area contributed by atoms with Crippen molar-refractivity contribution in [2.24, 2.45) is 40.7 Å². The molecule has 1 aliphatic rings. The normalized spacial score (nSPS) is 16.7. The van der Waals surface area contributed by atoms with Gasteiger partial charge >= 0.3 is 11.9 Å². The van der Waals surface area contributed by atoms with E-state index in [1.807, 2.05) is 20.8 Å². The first-order valence-electron chi connectivity index (χ1n) is 28.5. The Morgan fingerprint density at radius 2 is 0.986 bits per heavy atom. The van der Waals surface area contributed by atoms with E-state index >= 15 is 0 Å². The molecule has 0 spiro atoms. The van der Waals surface area contributed by atoms with Crippen molar-refractivity contribution in [1.29, 1.82) is 0 Å². The van der Waals surface area contributed by atoms with Gasteiger partial charge in [-0.25, -0.2) is 4.79 Å². The fourth-order valence-electron chi connectivity index (χ4n) is 9.91. The van der Waals surface area contributed by atoms with Gasteiger partial charge in [-0.05, 0) is 191 Å². The molecule has 0 aromatic heterocycles. The minimum absolute atomic E-state index is 0.166. The summed E-state index contributed by atoms with van der Waals surface area (Å²) in [6.07, 6.45) is 17.3. The number of amides is 4. The highest BCUT2D eigenvalue weighted by Crippen LogP contribution is 2.45. The second kappa shape index (κ2) is 35.8. The zero-order chi connectivity index (χ0) is 55.2. The Kier molecular flexibility index (Phi) is 31.9. The number of nitrogens with two attached hydrogens (primary N) is 4. The topological polar surface area (TPSA) is 293 Å². The van der Waals surface area contributed by atoms with Crippen molar-refractivity contribution in [3.8, 4) is 11.5 Å². The van der Waals surface area contributed by atoms with Crippen molar-refractivity contribution in [3.63, 3.8) is 0 Å². The van der Waals surface area contributed by atoms with Crippen LogP contribution in [0, 0.1) is 38.5 Å². The number of hydrogen-bond acceptors (Lipinski definition) is 12. The molecule has 7 atom stereocenters. The Hall–Kier alpha value is -4.32. The lowest BCUT2D eigenvalue weighted by Gasteiger charge is -2.38. The first-order chi connectivity index (χ1) is 35.2. The van der Waals surface area contributed by atoms with Crippen LogP contribution >= 0.6 is 0 Å². The van der Waals surface area contributed by atoms with E-state index in [4.69, 9.17) is 32.4 Å². The minimum atomic E-state index is -1.20. The van der Waals surface area contributed by atoms with Crippen LogP contribution in [0.5, 0.6) is 11.5 Å². The van der Waals surface area contributed by atoms with Gasteiger partial charge in [-0.1, -0.05) is 72.6 Å². The highest BCUT2D eigenvalue weighted by molar-refractivity contribution is 5.95. The quantitative estimate of drug-likeness (QED) is 0.0177. The second-order valence-electron chi connectivity index (χ2n) is 22.2. The molecule has 0 bridgehead atoms. The van der Waals surface area contributed by atoms with Crippen LogP contribution in [0.2, 0.25) is 0 Å². The third-order valence-electron chi connectivity index (χ3n) is 14.9. The molecule has 13 N–H and O–H groups in total.